The third-order valence-corrected chi connectivity index (χ3v) is 3.37. The molecule has 0 saturated carbocycles. The molecule has 1 fully saturated rings. The molecular formula is C14H28O. The lowest BCUT2D eigenvalue weighted by atomic mass is 10.1. The Hall–Kier alpha value is -0.0400. The Bertz CT molecular complexity index is 128. The smallest absolute Gasteiger partial charge is 0.0841 e. The van der Waals surface area contributed by atoms with Crippen molar-refractivity contribution in [1.29, 1.82) is 0 Å². The predicted octanol–water partition coefficient (Wildman–Crippen LogP) is 4.69. The maximum atomic E-state index is 5.68. The van der Waals surface area contributed by atoms with E-state index in [-0.39, 0.29) is 0 Å². The molecule has 90 valence electrons. The average Bonchev–Trinajstić information content (AvgIpc) is 2.99. The molecule has 1 aliphatic rings. The van der Waals surface area contributed by atoms with E-state index in [1.54, 1.807) is 0 Å². The van der Waals surface area contributed by atoms with Gasteiger partial charge >= 0.3 is 0 Å². The first-order valence-corrected chi connectivity index (χ1v) is 7.04. The number of rotatable bonds is 10. The molecular weight excluding hydrogens is 184 g/mol. The minimum absolute atomic E-state index is 0.642. The molecule has 2 atom stereocenters. The quantitative estimate of drug-likeness (QED) is 0.378. The molecule has 0 amide bonds. The fourth-order valence-electron chi connectivity index (χ4n) is 2.23. The summed E-state index contributed by atoms with van der Waals surface area (Å²) in [6, 6.07) is 0. The molecule has 0 aromatic heterocycles. The highest BCUT2D eigenvalue weighted by molar-refractivity contribution is 4.84. The van der Waals surface area contributed by atoms with E-state index in [0.29, 0.717) is 12.2 Å². The van der Waals surface area contributed by atoms with Crippen LogP contribution in [-0.2, 0) is 4.74 Å². The fraction of sp³-hybridized carbons (Fsp3) is 1.00. The predicted molar refractivity (Wildman–Crippen MR) is 66.2 cm³/mol. The van der Waals surface area contributed by atoms with Gasteiger partial charge in [-0.3, -0.25) is 0 Å². The molecule has 1 saturated heterocycles. The molecule has 1 unspecified atom stereocenters. The molecule has 0 radical (unpaired) electrons. The van der Waals surface area contributed by atoms with Crippen LogP contribution in [0.1, 0.15) is 78.1 Å². The summed E-state index contributed by atoms with van der Waals surface area (Å²) in [5.41, 5.74) is 0. The van der Waals surface area contributed by atoms with Crippen molar-refractivity contribution in [3.8, 4) is 0 Å². The summed E-state index contributed by atoms with van der Waals surface area (Å²) < 4.78 is 5.68. The zero-order valence-electron chi connectivity index (χ0n) is 10.6. The summed E-state index contributed by atoms with van der Waals surface area (Å²) in [6.45, 7) is 4.54. The van der Waals surface area contributed by atoms with E-state index < -0.39 is 0 Å². The van der Waals surface area contributed by atoms with Crippen LogP contribution in [0, 0.1) is 0 Å². The summed E-state index contributed by atoms with van der Waals surface area (Å²) in [5, 5.41) is 0. The van der Waals surface area contributed by atoms with Crippen molar-refractivity contribution in [1.82, 2.24) is 0 Å². The second-order valence-electron chi connectivity index (χ2n) is 4.91. The van der Waals surface area contributed by atoms with Crippen molar-refractivity contribution >= 4 is 0 Å². The lowest BCUT2D eigenvalue weighted by molar-refractivity contribution is 0.348. The van der Waals surface area contributed by atoms with Crippen LogP contribution in [-0.4, -0.2) is 12.2 Å². The standard InChI is InChI=1S/C14H28O/c1-3-5-7-9-11-13-14(15-13)12-10-8-6-4-2/h13-14H,3-12H2,1-2H3/t13-,14?/m0/s1. The minimum Gasteiger partial charge on any atom is -0.370 e. The van der Waals surface area contributed by atoms with Crippen LogP contribution in [0.2, 0.25) is 0 Å². The van der Waals surface area contributed by atoms with Gasteiger partial charge in [0, 0.05) is 0 Å². The van der Waals surface area contributed by atoms with Gasteiger partial charge in [0.1, 0.15) is 0 Å². The molecule has 1 heterocycles. The Labute approximate surface area is 95.6 Å². The highest BCUT2D eigenvalue weighted by atomic mass is 16.6. The molecule has 0 bridgehead atoms. The second kappa shape index (κ2) is 8.15. The maximum absolute atomic E-state index is 5.68. The van der Waals surface area contributed by atoms with Gasteiger partial charge in [0.05, 0.1) is 12.2 Å². The van der Waals surface area contributed by atoms with Crippen LogP contribution in [0.15, 0.2) is 0 Å². The van der Waals surface area contributed by atoms with Crippen LogP contribution in [0.5, 0.6) is 0 Å². The highest BCUT2D eigenvalue weighted by Gasteiger charge is 2.36. The van der Waals surface area contributed by atoms with Crippen LogP contribution in [0.25, 0.3) is 0 Å². The molecule has 0 N–H and O–H groups in total. The van der Waals surface area contributed by atoms with Crippen LogP contribution < -0.4 is 0 Å². The van der Waals surface area contributed by atoms with Crippen LogP contribution in [0.4, 0.5) is 0 Å². The topological polar surface area (TPSA) is 12.5 Å². The first-order valence-electron chi connectivity index (χ1n) is 7.04. The zero-order chi connectivity index (χ0) is 10.9. The van der Waals surface area contributed by atoms with Gasteiger partial charge in [0.15, 0.2) is 0 Å². The second-order valence-corrected chi connectivity index (χ2v) is 4.91. The lowest BCUT2D eigenvalue weighted by Crippen LogP contribution is -1.94. The van der Waals surface area contributed by atoms with Crippen LogP contribution >= 0.6 is 0 Å². The Morgan fingerprint density at radius 1 is 0.667 bits per heavy atom. The Morgan fingerprint density at radius 2 is 1.13 bits per heavy atom. The monoisotopic (exact) mass is 212 g/mol. The summed E-state index contributed by atoms with van der Waals surface area (Å²) in [4.78, 5) is 0. The van der Waals surface area contributed by atoms with E-state index >= 15 is 0 Å². The molecule has 1 heteroatoms. The number of unbranched alkanes of at least 4 members (excludes halogenated alkanes) is 6. The normalized spacial score (nSPS) is 24.4. The van der Waals surface area contributed by atoms with Gasteiger partial charge < -0.3 is 4.74 Å². The van der Waals surface area contributed by atoms with E-state index in [4.69, 9.17) is 4.74 Å². The van der Waals surface area contributed by atoms with Gasteiger partial charge in [-0.15, -0.1) is 0 Å². The average molecular weight is 212 g/mol. The van der Waals surface area contributed by atoms with Gasteiger partial charge in [-0.25, -0.2) is 0 Å². The Morgan fingerprint density at radius 3 is 1.53 bits per heavy atom. The molecule has 0 spiro atoms. The molecule has 1 rings (SSSR count). The SMILES string of the molecule is CCCCCCC1O[C@H]1CCCCCC. The summed E-state index contributed by atoms with van der Waals surface area (Å²) in [7, 11) is 0. The number of ether oxygens (including phenoxy) is 1. The Balaban J connectivity index is 1.81. The first kappa shape index (κ1) is 13.0. The summed E-state index contributed by atoms with van der Waals surface area (Å²) in [5.74, 6) is 0. The number of hydrogen-bond donors (Lipinski definition) is 0. The molecule has 1 nitrogen and oxygen atoms in total. The molecule has 0 aromatic rings. The third-order valence-electron chi connectivity index (χ3n) is 3.37. The van der Waals surface area contributed by atoms with Gasteiger partial charge in [0.2, 0.25) is 0 Å². The largest absolute Gasteiger partial charge is 0.370 e. The van der Waals surface area contributed by atoms with Crippen LogP contribution in [0.3, 0.4) is 0 Å². The molecule has 0 aromatic carbocycles. The summed E-state index contributed by atoms with van der Waals surface area (Å²) >= 11 is 0. The summed E-state index contributed by atoms with van der Waals surface area (Å²) in [6.07, 6.45) is 15.0. The van der Waals surface area contributed by atoms with Gasteiger partial charge in [-0.05, 0) is 12.8 Å². The van der Waals surface area contributed by atoms with Gasteiger partial charge in [-0.1, -0.05) is 65.2 Å². The first-order chi connectivity index (χ1) is 7.38. The number of hydrogen-bond acceptors (Lipinski definition) is 1. The van der Waals surface area contributed by atoms with Crippen molar-refractivity contribution < 1.29 is 4.74 Å². The van der Waals surface area contributed by atoms with E-state index in [1.165, 1.54) is 64.2 Å². The Kier molecular flexibility index (Phi) is 7.08. The van der Waals surface area contributed by atoms with Crippen molar-refractivity contribution in [2.75, 3.05) is 0 Å². The highest BCUT2D eigenvalue weighted by Crippen LogP contribution is 2.31. The maximum Gasteiger partial charge on any atom is 0.0841 e. The van der Waals surface area contributed by atoms with Crippen molar-refractivity contribution in [3.63, 3.8) is 0 Å². The van der Waals surface area contributed by atoms with E-state index in [2.05, 4.69) is 13.8 Å². The van der Waals surface area contributed by atoms with Crippen molar-refractivity contribution in [2.45, 2.75) is 90.3 Å². The lowest BCUT2D eigenvalue weighted by Gasteiger charge is -1.97. The van der Waals surface area contributed by atoms with E-state index in [9.17, 15) is 0 Å². The molecule has 0 aliphatic carbocycles. The third kappa shape index (κ3) is 6.19. The minimum atomic E-state index is 0.642. The molecule has 15 heavy (non-hydrogen) atoms. The van der Waals surface area contributed by atoms with Crippen molar-refractivity contribution in [2.24, 2.45) is 0 Å². The zero-order valence-corrected chi connectivity index (χ0v) is 10.6. The van der Waals surface area contributed by atoms with Gasteiger partial charge in [0.25, 0.3) is 0 Å². The number of epoxide rings is 1. The van der Waals surface area contributed by atoms with E-state index in [0.717, 1.165) is 0 Å². The van der Waals surface area contributed by atoms with Gasteiger partial charge in [-0.2, -0.15) is 0 Å². The van der Waals surface area contributed by atoms with Crippen molar-refractivity contribution in [3.05, 3.63) is 0 Å². The molecule has 1 aliphatic heterocycles. The fourth-order valence-corrected chi connectivity index (χ4v) is 2.23. The van der Waals surface area contributed by atoms with E-state index in [1.807, 2.05) is 0 Å².